The Kier molecular flexibility index (Phi) is 2.96. The van der Waals surface area contributed by atoms with Crippen LogP contribution in [-0.4, -0.2) is 19.2 Å². The highest BCUT2D eigenvalue weighted by Gasteiger charge is 2.07. The molecule has 1 aromatic heterocycles. The molecule has 5 heteroatoms. The fourth-order valence-electron chi connectivity index (χ4n) is 1.43. The van der Waals surface area contributed by atoms with Crippen molar-refractivity contribution in [2.45, 2.75) is 0 Å². The number of benzene rings is 1. The van der Waals surface area contributed by atoms with Gasteiger partial charge < -0.3 is 14.5 Å². The van der Waals surface area contributed by atoms with Gasteiger partial charge in [0.15, 0.2) is 11.5 Å². The van der Waals surface area contributed by atoms with Gasteiger partial charge in [0.25, 0.3) is 0 Å². The van der Waals surface area contributed by atoms with Crippen LogP contribution in [-0.2, 0) is 0 Å². The lowest BCUT2D eigenvalue weighted by Crippen LogP contribution is -1.94. The summed E-state index contributed by atoms with van der Waals surface area (Å²) >= 11 is 1.14. The SMILES string of the molecule is COc1ccc(-c2csc(=O)[nH]2)cc1OC. The van der Waals surface area contributed by atoms with E-state index in [0.717, 1.165) is 22.6 Å². The Morgan fingerprint density at radius 1 is 1.19 bits per heavy atom. The number of hydrogen-bond acceptors (Lipinski definition) is 4. The molecule has 16 heavy (non-hydrogen) atoms. The van der Waals surface area contributed by atoms with Gasteiger partial charge in [-0.05, 0) is 18.2 Å². The molecule has 0 aliphatic carbocycles. The minimum absolute atomic E-state index is 0.0650. The Labute approximate surface area is 96.5 Å². The lowest BCUT2D eigenvalue weighted by atomic mass is 10.1. The summed E-state index contributed by atoms with van der Waals surface area (Å²) in [7, 11) is 3.17. The van der Waals surface area contributed by atoms with E-state index in [1.807, 2.05) is 18.2 Å². The molecule has 0 amide bonds. The van der Waals surface area contributed by atoms with Crippen LogP contribution in [0.4, 0.5) is 0 Å². The van der Waals surface area contributed by atoms with Gasteiger partial charge in [0.2, 0.25) is 0 Å². The first-order valence-electron chi connectivity index (χ1n) is 4.65. The van der Waals surface area contributed by atoms with Gasteiger partial charge in [0, 0.05) is 10.9 Å². The Hall–Kier alpha value is -1.75. The van der Waals surface area contributed by atoms with Gasteiger partial charge in [-0.1, -0.05) is 11.3 Å². The van der Waals surface area contributed by atoms with E-state index in [9.17, 15) is 4.79 Å². The summed E-state index contributed by atoms with van der Waals surface area (Å²) in [6, 6.07) is 5.51. The average molecular weight is 237 g/mol. The molecule has 1 heterocycles. The third kappa shape index (κ3) is 1.94. The molecule has 1 N–H and O–H groups in total. The van der Waals surface area contributed by atoms with E-state index in [-0.39, 0.29) is 4.87 Å². The highest BCUT2D eigenvalue weighted by Crippen LogP contribution is 2.31. The van der Waals surface area contributed by atoms with Crippen molar-refractivity contribution in [3.05, 3.63) is 33.2 Å². The molecule has 0 radical (unpaired) electrons. The van der Waals surface area contributed by atoms with E-state index < -0.39 is 0 Å². The standard InChI is InChI=1S/C11H11NO3S/c1-14-9-4-3-7(5-10(9)15-2)8-6-16-11(13)12-8/h3-6H,1-2H3,(H,12,13). The van der Waals surface area contributed by atoms with Crippen molar-refractivity contribution < 1.29 is 9.47 Å². The van der Waals surface area contributed by atoms with Crippen LogP contribution < -0.4 is 14.3 Å². The van der Waals surface area contributed by atoms with Gasteiger partial charge in [-0.2, -0.15) is 0 Å². The number of nitrogens with one attached hydrogen (secondary N) is 1. The largest absolute Gasteiger partial charge is 0.493 e. The fraction of sp³-hybridized carbons (Fsp3) is 0.182. The summed E-state index contributed by atoms with van der Waals surface area (Å²) in [6.07, 6.45) is 0. The van der Waals surface area contributed by atoms with Gasteiger partial charge >= 0.3 is 4.87 Å². The molecule has 0 atom stereocenters. The minimum atomic E-state index is -0.0650. The number of thiazole rings is 1. The molecule has 0 unspecified atom stereocenters. The van der Waals surface area contributed by atoms with E-state index in [2.05, 4.69) is 4.98 Å². The van der Waals surface area contributed by atoms with Gasteiger partial charge in [0.1, 0.15) is 0 Å². The van der Waals surface area contributed by atoms with Crippen LogP contribution in [0.2, 0.25) is 0 Å². The third-order valence-electron chi connectivity index (χ3n) is 2.22. The lowest BCUT2D eigenvalue weighted by Gasteiger charge is -2.08. The van der Waals surface area contributed by atoms with Crippen molar-refractivity contribution in [2.75, 3.05) is 14.2 Å². The van der Waals surface area contributed by atoms with Crippen LogP contribution in [0.5, 0.6) is 11.5 Å². The average Bonchev–Trinajstić information content (AvgIpc) is 2.75. The van der Waals surface area contributed by atoms with Crippen molar-refractivity contribution >= 4 is 11.3 Å². The number of aromatic amines is 1. The maximum atomic E-state index is 11.0. The molecule has 2 aromatic rings. The number of ether oxygens (including phenoxy) is 2. The molecule has 0 fully saturated rings. The second-order valence-electron chi connectivity index (χ2n) is 3.13. The van der Waals surface area contributed by atoms with Crippen LogP contribution in [0.1, 0.15) is 0 Å². The molecule has 4 nitrogen and oxygen atoms in total. The first-order chi connectivity index (χ1) is 7.74. The van der Waals surface area contributed by atoms with Gasteiger partial charge in [-0.3, -0.25) is 4.79 Å². The summed E-state index contributed by atoms with van der Waals surface area (Å²) < 4.78 is 10.3. The molecule has 0 saturated heterocycles. The number of methoxy groups -OCH3 is 2. The zero-order valence-corrected chi connectivity index (χ0v) is 9.76. The van der Waals surface area contributed by atoms with Crippen molar-refractivity contribution in [1.29, 1.82) is 0 Å². The first kappa shape index (κ1) is 10.8. The van der Waals surface area contributed by atoms with Gasteiger partial charge in [0.05, 0.1) is 19.9 Å². The Balaban J connectivity index is 2.47. The van der Waals surface area contributed by atoms with Gasteiger partial charge in [-0.15, -0.1) is 0 Å². The highest BCUT2D eigenvalue weighted by atomic mass is 32.1. The van der Waals surface area contributed by atoms with Crippen LogP contribution in [0.15, 0.2) is 28.4 Å². The summed E-state index contributed by atoms with van der Waals surface area (Å²) in [5, 5.41) is 1.78. The maximum absolute atomic E-state index is 11.0. The topological polar surface area (TPSA) is 51.3 Å². The van der Waals surface area contributed by atoms with Crippen LogP contribution in [0, 0.1) is 0 Å². The predicted molar refractivity (Wildman–Crippen MR) is 63.5 cm³/mol. The number of H-pyrrole nitrogens is 1. The Morgan fingerprint density at radius 2 is 1.94 bits per heavy atom. The molecular formula is C11H11NO3S. The van der Waals surface area contributed by atoms with E-state index in [0.29, 0.717) is 11.5 Å². The Morgan fingerprint density at radius 3 is 2.50 bits per heavy atom. The Bertz CT molecular complexity index is 544. The van der Waals surface area contributed by atoms with Crippen LogP contribution >= 0.6 is 11.3 Å². The van der Waals surface area contributed by atoms with Crippen LogP contribution in [0.3, 0.4) is 0 Å². The highest BCUT2D eigenvalue weighted by molar-refractivity contribution is 7.07. The molecule has 1 aromatic carbocycles. The van der Waals surface area contributed by atoms with E-state index >= 15 is 0 Å². The zero-order valence-electron chi connectivity index (χ0n) is 8.94. The minimum Gasteiger partial charge on any atom is -0.493 e. The number of aromatic nitrogens is 1. The summed E-state index contributed by atoms with van der Waals surface area (Å²) in [5.41, 5.74) is 1.69. The quantitative estimate of drug-likeness (QED) is 0.889. The number of rotatable bonds is 3. The predicted octanol–water partition coefficient (Wildman–Crippen LogP) is 2.12. The molecule has 0 aliphatic rings. The van der Waals surface area contributed by atoms with E-state index in [4.69, 9.17) is 9.47 Å². The molecule has 0 saturated carbocycles. The summed E-state index contributed by atoms with van der Waals surface area (Å²) in [6.45, 7) is 0. The molecule has 0 bridgehead atoms. The van der Waals surface area contributed by atoms with Crippen LogP contribution in [0.25, 0.3) is 11.3 Å². The van der Waals surface area contributed by atoms with Crippen molar-refractivity contribution in [3.8, 4) is 22.8 Å². The van der Waals surface area contributed by atoms with Crippen molar-refractivity contribution in [1.82, 2.24) is 4.98 Å². The molecule has 84 valence electrons. The zero-order chi connectivity index (χ0) is 11.5. The first-order valence-corrected chi connectivity index (χ1v) is 5.53. The van der Waals surface area contributed by atoms with Gasteiger partial charge in [-0.25, -0.2) is 0 Å². The summed E-state index contributed by atoms with van der Waals surface area (Å²) in [4.78, 5) is 13.7. The monoisotopic (exact) mass is 237 g/mol. The number of hydrogen-bond donors (Lipinski definition) is 1. The molecule has 0 aliphatic heterocycles. The normalized spacial score (nSPS) is 10.1. The van der Waals surface area contributed by atoms with Crippen molar-refractivity contribution in [3.63, 3.8) is 0 Å². The fourth-order valence-corrected chi connectivity index (χ4v) is 2.01. The maximum Gasteiger partial charge on any atom is 0.304 e. The second kappa shape index (κ2) is 4.40. The molecule has 2 rings (SSSR count). The molecule has 0 spiro atoms. The van der Waals surface area contributed by atoms with E-state index in [1.54, 1.807) is 19.6 Å². The van der Waals surface area contributed by atoms with E-state index in [1.165, 1.54) is 0 Å². The van der Waals surface area contributed by atoms with Crippen molar-refractivity contribution in [2.24, 2.45) is 0 Å². The molecular weight excluding hydrogens is 226 g/mol. The third-order valence-corrected chi connectivity index (χ3v) is 2.88. The lowest BCUT2D eigenvalue weighted by molar-refractivity contribution is 0.355. The smallest absolute Gasteiger partial charge is 0.304 e. The second-order valence-corrected chi connectivity index (χ2v) is 3.97. The summed E-state index contributed by atoms with van der Waals surface area (Å²) in [5.74, 6) is 1.32.